The quantitative estimate of drug-likeness (QED) is 0.909. The second-order valence-electron chi connectivity index (χ2n) is 6.23. The van der Waals surface area contributed by atoms with Gasteiger partial charge in [0.25, 0.3) is 0 Å². The first-order chi connectivity index (χ1) is 12.1. The minimum absolute atomic E-state index is 0.232. The number of aryl methyl sites for hydroxylation is 2. The number of hydrogen-bond acceptors (Lipinski definition) is 4. The number of hydrogen-bond donors (Lipinski definition) is 1. The van der Waals surface area contributed by atoms with Crippen molar-refractivity contribution in [3.63, 3.8) is 0 Å². The molecule has 0 amide bonds. The molecule has 0 bridgehead atoms. The zero-order valence-corrected chi connectivity index (χ0v) is 15.7. The number of halogens is 1. The highest BCUT2D eigenvalue weighted by Crippen LogP contribution is 2.21. The summed E-state index contributed by atoms with van der Waals surface area (Å²) < 4.78 is 13.7. The van der Waals surface area contributed by atoms with Crippen molar-refractivity contribution in [3.8, 4) is 0 Å². The fraction of sp³-hybridized carbons (Fsp3) is 0.500. The molecule has 0 spiro atoms. The molecule has 0 aliphatic carbocycles. The van der Waals surface area contributed by atoms with Crippen LogP contribution in [0.1, 0.15) is 43.6 Å². The van der Waals surface area contributed by atoms with Gasteiger partial charge in [0, 0.05) is 43.6 Å². The minimum Gasteiger partial charge on any atom is -0.369 e. The Bertz CT molecular complexity index is 674. The van der Waals surface area contributed by atoms with Gasteiger partial charge in [-0.2, -0.15) is 0 Å². The van der Waals surface area contributed by atoms with Gasteiger partial charge >= 0.3 is 0 Å². The van der Waals surface area contributed by atoms with E-state index in [2.05, 4.69) is 26.3 Å². The van der Waals surface area contributed by atoms with Gasteiger partial charge in [-0.15, -0.1) is 0 Å². The summed E-state index contributed by atoms with van der Waals surface area (Å²) in [5.74, 6) is -0.232. The monoisotopic (exact) mass is 344 g/mol. The van der Waals surface area contributed by atoms with Gasteiger partial charge in [-0.25, -0.2) is 4.39 Å². The van der Waals surface area contributed by atoms with E-state index in [1.54, 1.807) is 19.2 Å². The van der Waals surface area contributed by atoms with Crippen LogP contribution in [0.5, 0.6) is 0 Å². The normalized spacial score (nSPS) is 17.0. The van der Waals surface area contributed by atoms with Gasteiger partial charge in [0.2, 0.25) is 0 Å². The van der Waals surface area contributed by atoms with Crippen LogP contribution in [0.25, 0.3) is 0 Å². The Balaban J connectivity index is 0.00000109. The van der Waals surface area contributed by atoms with E-state index < -0.39 is 0 Å². The molecule has 1 aliphatic heterocycles. The van der Waals surface area contributed by atoms with E-state index in [9.17, 15) is 4.39 Å². The van der Waals surface area contributed by atoms with Gasteiger partial charge < -0.3 is 10.2 Å². The number of nitrogens with zero attached hydrogens (tertiary/aromatic N) is 3. The molecule has 3 rings (SSSR count). The molecule has 1 fully saturated rings. The van der Waals surface area contributed by atoms with Crippen LogP contribution in [0.15, 0.2) is 30.6 Å². The lowest BCUT2D eigenvalue weighted by Gasteiger charge is -2.34. The first-order valence-electron chi connectivity index (χ1n) is 9.14. The Labute approximate surface area is 150 Å². The van der Waals surface area contributed by atoms with Crippen molar-refractivity contribution in [3.05, 3.63) is 53.4 Å². The molecule has 1 N–H and O–H groups in total. The summed E-state index contributed by atoms with van der Waals surface area (Å²) in [6.07, 6.45) is 5.86. The molecule has 4 nitrogen and oxygen atoms in total. The van der Waals surface area contributed by atoms with Crippen LogP contribution >= 0.6 is 0 Å². The lowest BCUT2D eigenvalue weighted by atomic mass is 10.0. The van der Waals surface area contributed by atoms with Crippen LogP contribution in [0, 0.1) is 19.7 Å². The SMILES string of the molecule is CC.Cc1cc(CN[C@H]2CCCN(c3cnc(C)c(F)c3)C2)ccn1. The van der Waals surface area contributed by atoms with Crippen molar-refractivity contribution < 1.29 is 4.39 Å². The second kappa shape index (κ2) is 9.47. The lowest BCUT2D eigenvalue weighted by Crippen LogP contribution is -2.45. The highest BCUT2D eigenvalue weighted by atomic mass is 19.1. The predicted molar refractivity (Wildman–Crippen MR) is 101 cm³/mol. The summed E-state index contributed by atoms with van der Waals surface area (Å²) in [4.78, 5) is 10.6. The third-order valence-corrected chi connectivity index (χ3v) is 4.35. The lowest BCUT2D eigenvalue weighted by molar-refractivity contribution is 0.421. The Morgan fingerprint density at radius 1 is 1.24 bits per heavy atom. The molecule has 3 heterocycles. The average Bonchev–Trinajstić information content (AvgIpc) is 2.64. The van der Waals surface area contributed by atoms with E-state index in [-0.39, 0.29) is 5.82 Å². The molecule has 2 aromatic heterocycles. The molecule has 1 atom stereocenters. The predicted octanol–water partition coefficient (Wildman–Crippen LogP) is 4.02. The van der Waals surface area contributed by atoms with Crippen molar-refractivity contribution in [2.45, 2.75) is 53.1 Å². The van der Waals surface area contributed by atoms with Crippen molar-refractivity contribution in [2.75, 3.05) is 18.0 Å². The summed E-state index contributed by atoms with van der Waals surface area (Å²) in [7, 11) is 0. The van der Waals surface area contributed by atoms with Gasteiger partial charge in [0.05, 0.1) is 17.6 Å². The first-order valence-corrected chi connectivity index (χ1v) is 9.14. The van der Waals surface area contributed by atoms with Crippen molar-refractivity contribution in [1.29, 1.82) is 0 Å². The molecule has 0 unspecified atom stereocenters. The van der Waals surface area contributed by atoms with Gasteiger partial charge in [-0.3, -0.25) is 9.97 Å². The third-order valence-electron chi connectivity index (χ3n) is 4.35. The number of aromatic nitrogens is 2. The molecule has 0 saturated carbocycles. The molecular weight excluding hydrogens is 315 g/mol. The second-order valence-corrected chi connectivity index (χ2v) is 6.23. The minimum atomic E-state index is -0.232. The number of rotatable bonds is 4. The molecule has 1 aliphatic rings. The Kier molecular flexibility index (Phi) is 7.31. The fourth-order valence-electron chi connectivity index (χ4n) is 3.02. The maximum absolute atomic E-state index is 13.7. The number of nitrogens with one attached hydrogen (secondary N) is 1. The van der Waals surface area contributed by atoms with E-state index in [1.807, 2.05) is 33.0 Å². The zero-order chi connectivity index (χ0) is 18.2. The Hall–Kier alpha value is -2.01. The number of pyridine rings is 2. The zero-order valence-electron chi connectivity index (χ0n) is 15.7. The van der Waals surface area contributed by atoms with Gasteiger partial charge in [-0.05, 0) is 44.4 Å². The van der Waals surface area contributed by atoms with Crippen LogP contribution in [0.4, 0.5) is 10.1 Å². The highest BCUT2D eigenvalue weighted by Gasteiger charge is 2.20. The summed E-state index contributed by atoms with van der Waals surface area (Å²) in [5.41, 5.74) is 3.61. The Morgan fingerprint density at radius 2 is 2.04 bits per heavy atom. The molecule has 25 heavy (non-hydrogen) atoms. The smallest absolute Gasteiger partial charge is 0.146 e. The average molecular weight is 344 g/mol. The van der Waals surface area contributed by atoms with Crippen LogP contribution < -0.4 is 10.2 Å². The largest absolute Gasteiger partial charge is 0.369 e. The van der Waals surface area contributed by atoms with Crippen molar-refractivity contribution in [2.24, 2.45) is 0 Å². The van der Waals surface area contributed by atoms with E-state index in [0.717, 1.165) is 43.9 Å². The van der Waals surface area contributed by atoms with Gasteiger partial charge in [0.15, 0.2) is 0 Å². The summed E-state index contributed by atoms with van der Waals surface area (Å²) in [5, 5.41) is 3.61. The van der Waals surface area contributed by atoms with Crippen LogP contribution in [0.2, 0.25) is 0 Å². The first kappa shape index (κ1) is 19.3. The molecule has 2 aromatic rings. The van der Waals surface area contributed by atoms with E-state index in [4.69, 9.17) is 0 Å². The highest BCUT2D eigenvalue weighted by molar-refractivity contribution is 5.45. The fourth-order valence-corrected chi connectivity index (χ4v) is 3.02. The molecule has 136 valence electrons. The van der Waals surface area contributed by atoms with E-state index in [0.29, 0.717) is 11.7 Å². The van der Waals surface area contributed by atoms with Crippen molar-refractivity contribution in [1.82, 2.24) is 15.3 Å². The third kappa shape index (κ3) is 5.49. The number of anilines is 1. The van der Waals surface area contributed by atoms with Crippen LogP contribution in [-0.2, 0) is 6.54 Å². The van der Waals surface area contributed by atoms with Crippen LogP contribution in [-0.4, -0.2) is 29.1 Å². The van der Waals surface area contributed by atoms with Crippen molar-refractivity contribution >= 4 is 5.69 Å². The molecule has 1 saturated heterocycles. The molecule has 0 radical (unpaired) electrons. The summed E-state index contributed by atoms with van der Waals surface area (Å²) >= 11 is 0. The van der Waals surface area contributed by atoms with E-state index in [1.165, 1.54) is 5.56 Å². The molecule has 5 heteroatoms. The Morgan fingerprint density at radius 3 is 2.76 bits per heavy atom. The summed E-state index contributed by atoms with van der Waals surface area (Å²) in [6.45, 7) is 10.4. The summed E-state index contributed by atoms with van der Waals surface area (Å²) in [6, 6.07) is 6.14. The number of piperidine rings is 1. The molecular formula is C20H29FN4. The topological polar surface area (TPSA) is 41.0 Å². The van der Waals surface area contributed by atoms with Gasteiger partial charge in [0.1, 0.15) is 5.82 Å². The maximum Gasteiger partial charge on any atom is 0.146 e. The van der Waals surface area contributed by atoms with Crippen LogP contribution in [0.3, 0.4) is 0 Å². The van der Waals surface area contributed by atoms with E-state index >= 15 is 0 Å². The van der Waals surface area contributed by atoms with Gasteiger partial charge in [-0.1, -0.05) is 13.8 Å². The standard InChI is InChI=1S/C18H23FN4.C2H6/c1-13-8-15(5-6-20-13)10-22-16-4-3-7-23(12-16)17-9-18(19)14(2)21-11-17;1-2/h5-6,8-9,11,16,22H,3-4,7,10,12H2,1-2H3;1-2H3/t16-;/m0./s1. The molecule has 0 aromatic carbocycles. The maximum atomic E-state index is 13.7.